The molecule has 0 saturated heterocycles. The first-order valence-electron chi connectivity index (χ1n) is 10.2. The van der Waals surface area contributed by atoms with Crippen LogP contribution >= 0.6 is 0 Å². The zero-order chi connectivity index (χ0) is 20.1. The number of nitrogens with one attached hydrogen (secondary N) is 2. The third-order valence-corrected chi connectivity index (χ3v) is 5.93. The first-order valence-corrected chi connectivity index (χ1v) is 10.2. The molecule has 0 atom stereocenters. The summed E-state index contributed by atoms with van der Waals surface area (Å²) < 4.78 is 16.8. The number of methoxy groups -OCH3 is 1. The highest BCUT2D eigenvalue weighted by Crippen LogP contribution is 2.43. The number of fused-ring (bicyclic) bond motifs is 1. The van der Waals surface area contributed by atoms with Crippen LogP contribution in [0.3, 0.4) is 0 Å². The van der Waals surface area contributed by atoms with Crippen molar-refractivity contribution in [1.29, 1.82) is 0 Å². The van der Waals surface area contributed by atoms with Crippen LogP contribution in [0.15, 0.2) is 42.5 Å². The Labute approximate surface area is 171 Å². The van der Waals surface area contributed by atoms with Crippen LogP contribution in [-0.2, 0) is 12.0 Å². The Bertz CT molecular complexity index is 862. The number of amides is 2. The molecule has 29 heavy (non-hydrogen) atoms. The van der Waals surface area contributed by atoms with Gasteiger partial charge in [0.2, 0.25) is 0 Å². The van der Waals surface area contributed by atoms with Crippen LogP contribution in [0.5, 0.6) is 17.2 Å². The van der Waals surface area contributed by atoms with E-state index in [0.717, 1.165) is 35.7 Å². The molecule has 0 bridgehead atoms. The van der Waals surface area contributed by atoms with Gasteiger partial charge in [0.15, 0.2) is 11.5 Å². The topological polar surface area (TPSA) is 68.8 Å². The summed E-state index contributed by atoms with van der Waals surface area (Å²) in [5, 5.41) is 6.03. The summed E-state index contributed by atoms with van der Waals surface area (Å²) in [6.45, 7) is 2.19. The minimum Gasteiger partial charge on any atom is -0.496 e. The van der Waals surface area contributed by atoms with Crippen LogP contribution in [-0.4, -0.2) is 32.9 Å². The average Bonchev–Trinajstić information content (AvgIpc) is 3.26. The summed E-state index contributed by atoms with van der Waals surface area (Å²) >= 11 is 0. The molecule has 1 fully saturated rings. The molecule has 0 unspecified atom stereocenters. The Kier molecular flexibility index (Phi) is 5.79. The van der Waals surface area contributed by atoms with Crippen LogP contribution < -0.4 is 24.8 Å². The summed E-state index contributed by atoms with van der Waals surface area (Å²) in [6, 6.07) is 13.7. The third kappa shape index (κ3) is 4.26. The number of rotatable bonds is 6. The molecule has 0 aromatic heterocycles. The monoisotopic (exact) mass is 396 g/mol. The van der Waals surface area contributed by atoms with Crippen LogP contribution in [0, 0.1) is 0 Å². The Morgan fingerprint density at radius 3 is 2.59 bits per heavy atom. The number of ether oxygens (including phenoxy) is 3. The van der Waals surface area contributed by atoms with Crippen molar-refractivity contribution in [3.8, 4) is 17.2 Å². The molecule has 2 amide bonds. The quantitative estimate of drug-likeness (QED) is 0.780. The molecule has 1 saturated carbocycles. The molecular weight excluding hydrogens is 368 g/mol. The fraction of sp³-hybridized carbons (Fsp3) is 0.435. The molecule has 0 spiro atoms. The summed E-state index contributed by atoms with van der Waals surface area (Å²) in [4.78, 5) is 12.5. The molecule has 2 N–H and O–H groups in total. The smallest absolute Gasteiger partial charge is 0.315 e. The molecular formula is C23H28N2O4. The molecule has 6 heteroatoms. The van der Waals surface area contributed by atoms with Crippen molar-refractivity contribution in [1.82, 2.24) is 10.6 Å². The molecule has 1 aliphatic heterocycles. The van der Waals surface area contributed by atoms with Gasteiger partial charge >= 0.3 is 6.03 Å². The van der Waals surface area contributed by atoms with Gasteiger partial charge in [0.05, 0.1) is 7.11 Å². The lowest BCUT2D eigenvalue weighted by molar-refractivity contribution is 0.171. The molecule has 2 aromatic carbocycles. The minimum absolute atomic E-state index is 0.0579. The van der Waals surface area contributed by atoms with Gasteiger partial charge in [0.25, 0.3) is 0 Å². The van der Waals surface area contributed by atoms with Gasteiger partial charge in [0, 0.05) is 24.1 Å². The van der Waals surface area contributed by atoms with E-state index < -0.39 is 0 Å². The largest absolute Gasteiger partial charge is 0.496 e. The standard InChI is InChI=1S/C23H28N2O4/c1-27-19-7-3-2-6-17(19)15-24-22(26)25-16-23(10-4-5-11-23)18-8-9-20-21(14-18)29-13-12-28-20/h2-3,6-9,14H,4-5,10-13,15-16H2,1H3,(H2,24,25,26). The van der Waals surface area contributed by atoms with E-state index in [1.54, 1.807) is 7.11 Å². The fourth-order valence-electron chi connectivity index (χ4n) is 4.33. The van der Waals surface area contributed by atoms with Crippen molar-refractivity contribution < 1.29 is 19.0 Å². The van der Waals surface area contributed by atoms with Gasteiger partial charge in [-0.3, -0.25) is 0 Å². The molecule has 1 heterocycles. The van der Waals surface area contributed by atoms with Gasteiger partial charge in [-0.2, -0.15) is 0 Å². The van der Waals surface area contributed by atoms with Gasteiger partial charge in [-0.15, -0.1) is 0 Å². The maximum atomic E-state index is 12.5. The van der Waals surface area contributed by atoms with Gasteiger partial charge in [-0.1, -0.05) is 37.1 Å². The van der Waals surface area contributed by atoms with Crippen molar-refractivity contribution in [2.75, 3.05) is 26.9 Å². The lowest BCUT2D eigenvalue weighted by Gasteiger charge is -2.31. The van der Waals surface area contributed by atoms with E-state index in [2.05, 4.69) is 22.8 Å². The first-order chi connectivity index (χ1) is 14.2. The van der Waals surface area contributed by atoms with E-state index in [9.17, 15) is 4.79 Å². The van der Waals surface area contributed by atoms with E-state index in [1.807, 2.05) is 30.3 Å². The number of carbonyl (C=O) groups is 1. The van der Waals surface area contributed by atoms with Crippen molar-refractivity contribution in [3.63, 3.8) is 0 Å². The summed E-state index contributed by atoms with van der Waals surface area (Å²) in [6.07, 6.45) is 4.44. The second-order valence-electron chi connectivity index (χ2n) is 7.69. The summed E-state index contributed by atoms with van der Waals surface area (Å²) in [5.74, 6) is 2.38. The van der Waals surface area contributed by atoms with Gasteiger partial charge < -0.3 is 24.8 Å². The van der Waals surface area contributed by atoms with Gasteiger partial charge in [-0.25, -0.2) is 4.79 Å². The van der Waals surface area contributed by atoms with Crippen LogP contribution in [0.25, 0.3) is 0 Å². The highest BCUT2D eigenvalue weighted by atomic mass is 16.6. The zero-order valence-corrected chi connectivity index (χ0v) is 16.8. The second-order valence-corrected chi connectivity index (χ2v) is 7.69. The SMILES string of the molecule is COc1ccccc1CNC(=O)NCC1(c2ccc3c(c2)OCCO3)CCCC1. The van der Waals surface area contributed by atoms with Gasteiger partial charge in [0.1, 0.15) is 19.0 Å². The van der Waals surface area contributed by atoms with Crippen molar-refractivity contribution >= 4 is 6.03 Å². The van der Waals surface area contributed by atoms with E-state index in [0.29, 0.717) is 26.3 Å². The molecule has 4 rings (SSSR count). The average molecular weight is 396 g/mol. The van der Waals surface area contributed by atoms with Crippen molar-refractivity contribution in [2.24, 2.45) is 0 Å². The van der Waals surface area contributed by atoms with Gasteiger partial charge in [-0.05, 0) is 36.6 Å². The summed E-state index contributed by atoms with van der Waals surface area (Å²) in [5.41, 5.74) is 2.11. The van der Waals surface area contributed by atoms with Crippen molar-refractivity contribution in [3.05, 3.63) is 53.6 Å². The molecule has 2 aromatic rings. The second kappa shape index (κ2) is 8.64. The van der Waals surface area contributed by atoms with Crippen LogP contribution in [0.2, 0.25) is 0 Å². The van der Waals surface area contributed by atoms with E-state index in [-0.39, 0.29) is 11.4 Å². The number of urea groups is 1. The highest BCUT2D eigenvalue weighted by molar-refractivity contribution is 5.74. The minimum atomic E-state index is -0.167. The van der Waals surface area contributed by atoms with Crippen LogP contribution in [0.4, 0.5) is 4.79 Å². The lowest BCUT2D eigenvalue weighted by atomic mass is 9.78. The lowest BCUT2D eigenvalue weighted by Crippen LogP contribution is -2.43. The third-order valence-electron chi connectivity index (χ3n) is 5.93. The Morgan fingerprint density at radius 2 is 1.79 bits per heavy atom. The summed E-state index contributed by atoms with van der Waals surface area (Å²) in [7, 11) is 1.64. The van der Waals surface area contributed by atoms with E-state index >= 15 is 0 Å². The maximum Gasteiger partial charge on any atom is 0.315 e. The Morgan fingerprint density at radius 1 is 1.03 bits per heavy atom. The zero-order valence-electron chi connectivity index (χ0n) is 16.8. The van der Waals surface area contributed by atoms with Crippen LogP contribution in [0.1, 0.15) is 36.8 Å². The molecule has 0 radical (unpaired) electrons. The number of benzene rings is 2. The van der Waals surface area contributed by atoms with Crippen molar-refractivity contribution in [2.45, 2.75) is 37.6 Å². The number of hydrogen-bond acceptors (Lipinski definition) is 4. The number of para-hydroxylation sites is 1. The Balaban J connectivity index is 1.40. The van der Waals surface area contributed by atoms with E-state index in [1.165, 1.54) is 18.4 Å². The normalized spacial score (nSPS) is 16.9. The highest BCUT2D eigenvalue weighted by Gasteiger charge is 2.36. The maximum absolute atomic E-state index is 12.5. The number of hydrogen-bond donors (Lipinski definition) is 2. The Hall–Kier alpha value is -2.89. The molecule has 154 valence electrons. The fourth-order valence-corrected chi connectivity index (χ4v) is 4.33. The predicted molar refractivity (Wildman–Crippen MR) is 111 cm³/mol. The number of carbonyl (C=O) groups excluding carboxylic acids is 1. The predicted octanol–water partition coefficient (Wildman–Crippen LogP) is 3.78. The first kappa shape index (κ1) is 19.4. The van der Waals surface area contributed by atoms with E-state index in [4.69, 9.17) is 14.2 Å². The molecule has 6 nitrogen and oxygen atoms in total. The molecule has 1 aliphatic carbocycles. The molecule has 2 aliphatic rings.